The van der Waals surface area contributed by atoms with Crippen LogP contribution in [0.2, 0.25) is 0 Å². The van der Waals surface area contributed by atoms with Gasteiger partial charge in [0.1, 0.15) is 5.60 Å². The van der Waals surface area contributed by atoms with Crippen molar-refractivity contribution in [3.05, 3.63) is 65.2 Å². The molecule has 0 radical (unpaired) electrons. The highest BCUT2D eigenvalue weighted by Crippen LogP contribution is 2.19. The van der Waals surface area contributed by atoms with Gasteiger partial charge in [-0.1, -0.05) is 60.2 Å². The monoisotopic (exact) mass is 309 g/mol. The normalized spacial score (nSPS) is 11.5. The molecule has 0 fully saturated rings. The van der Waals surface area contributed by atoms with Crippen molar-refractivity contribution in [2.24, 2.45) is 0 Å². The molecule has 0 spiro atoms. The Kier molecular flexibility index (Phi) is 5.22. The molecule has 1 amide bonds. The molecule has 0 saturated heterocycles. The van der Waals surface area contributed by atoms with Gasteiger partial charge < -0.3 is 4.74 Å². The first-order valence-corrected chi connectivity index (χ1v) is 7.67. The van der Waals surface area contributed by atoms with Gasteiger partial charge in [0, 0.05) is 0 Å². The van der Waals surface area contributed by atoms with Gasteiger partial charge in [0.05, 0.1) is 5.69 Å². The number of benzene rings is 2. The Morgan fingerprint density at radius 1 is 1.00 bits per heavy atom. The van der Waals surface area contributed by atoms with Crippen LogP contribution in [0.4, 0.5) is 10.5 Å². The molecule has 0 aliphatic rings. The number of aryl methyl sites for hydroxylation is 1. The lowest BCUT2D eigenvalue weighted by Crippen LogP contribution is -2.27. The molecule has 0 aliphatic heterocycles. The molecule has 120 valence electrons. The van der Waals surface area contributed by atoms with Crippen molar-refractivity contribution in [3.8, 4) is 0 Å². The van der Waals surface area contributed by atoms with E-state index < -0.39 is 11.7 Å². The second-order valence-corrected chi connectivity index (χ2v) is 6.46. The number of carbonyl (C=O) groups excluding carboxylic acids is 1. The second-order valence-electron chi connectivity index (χ2n) is 6.46. The van der Waals surface area contributed by atoms with Gasteiger partial charge in [0.15, 0.2) is 0 Å². The van der Waals surface area contributed by atoms with Gasteiger partial charge in [-0.2, -0.15) is 0 Å². The van der Waals surface area contributed by atoms with Gasteiger partial charge in [-0.15, -0.1) is 0 Å². The van der Waals surface area contributed by atoms with Crippen molar-refractivity contribution >= 4 is 23.9 Å². The summed E-state index contributed by atoms with van der Waals surface area (Å²) in [4.78, 5) is 11.9. The zero-order valence-corrected chi connectivity index (χ0v) is 14.1. The van der Waals surface area contributed by atoms with Crippen molar-refractivity contribution in [1.29, 1.82) is 0 Å². The molecule has 3 nitrogen and oxygen atoms in total. The van der Waals surface area contributed by atoms with Crippen LogP contribution in [-0.2, 0) is 4.74 Å². The number of nitrogens with one attached hydrogen (secondary N) is 1. The fraction of sp³-hybridized carbons (Fsp3) is 0.250. The lowest BCUT2D eigenvalue weighted by molar-refractivity contribution is 0.0636. The number of ether oxygens (including phenoxy) is 1. The van der Waals surface area contributed by atoms with E-state index in [1.165, 1.54) is 5.56 Å². The maximum absolute atomic E-state index is 11.9. The molecule has 0 bridgehead atoms. The van der Waals surface area contributed by atoms with Crippen molar-refractivity contribution in [1.82, 2.24) is 0 Å². The quantitative estimate of drug-likeness (QED) is 0.759. The van der Waals surface area contributed by atoms with Crippen molar-refractivity contribution in [2.75, 3.05) is 5.32 Å². The minimum absolute atomic E-state index is 0.450. The van der Waals surface area contributed by atoms with Gasteiger partial charge in [-0.25, -0.2) is 4.79 Å². The number of rotatable bonds is 3. The minimum Gasteiger partial charge on any atom is -0.444 e. The lowest BCUT2D eigenvalue weighted by Gasteiger charge is -2.20. The topological polar surface area (TPSA) is 38.3 Å². The van der Waals surface area contributed by atoms with E-state index in [1.807, 2.05) is 57.2 Å². The number of hydrogen-bond acceptors (Lipinski definition) is 2. The van der Waals surface area contributed by atoms with Gasteiger partial charge in [-0.3, -0.25) is 5.32 Å². The van der Waals surface area contributed by atoms with Gasteiger partial charge in [0.25, 0.3) is 0 Å². The zero-order valence-electron chi connectivity index (χ0n) is 14.1. The van der Waals surface area contributed by atoms with E-state index in [1.54, 1.807) is 0 Å². The number of para-hydroxylation sites is 1. The Bertz CT molecular complexity index is 694. The molecule has 2 rings (SSSR count). The molecule has 0 heterocycles. The van der Waals surface area contributed by atoms with Crippen LogP contribution in [0.3, 0.4) is 0 Å². The van der Waals surface area contributed by atoms with Crippen LogP contribution in [0.1, 0.15) is 37.5 Å². The number of anilines is 1. The van der Waals surface area contributed by atoms with Crippen LogP contribution in [0, 0.1) is 6.92 Å². The molecule has 1 N–H and O–H groups in total. The number of carbonyl (C=O) groups is 1. The molecule has 0 saturated carbocycles. The first-order chi connectivity index (χ1) is 10.8. The van der Waals surface area contributed by atoms with E-state index in [-0.39, 0.29) is 0 Å². The molecular weight excluding hydrogens is 286 g/mol. The fourth-order valence-corrected chi connectivity index (χ4v) is 2.03. The van der Waals surface area contributed by atoms with Crippen molar-refractivity contribution < 1.29 is 9.53 Å². The summed E-state index contributed by atoms with van der Waals surface area (Å²) < 4.78 is 5.30. The van der Waals surface area contributed by atoms with Crippen LogP contribution in [-0.4, -0.2) is 11.7 Å². The van der Waals surface area contributed by atoms with Gasteiger partial charge >= 0.3 is 6.09 Å². The highest BCUT2D eigenvalue weighted by Gasteiger charge is 2.16. The Morgan fingerprint density at radius 3 is 2.30 bits per heavy atom. The Hall–Kier alpha value is -2.55. The van der Waals surface area contributed by atoms with E-state index in [4.69, 9.17) is 4.74 Å². The Balaban J connectivity index is 2.14. The average molecular weight is 309 g/mol. The molecular formula is C20H23NO2. The largest absolute Gasteiger partial charge is 0.444 e. The number of amides is 1. The van der Waals surface area contributed by atoms with E-state index >= 15 is 0 Å². The zero-order chi connectivity index (χ0) is 16.9. The van der Waals surface area contributed by atoms with Crippen molar-refractivity contribution in [3.63, 3.8) is 0 Å². The van der Waals surface area contributed by atoms with E-state index in [0.717, 1.165) is 16.8 Å². The minimum atomic E-state index is -0.517. The Labute approximate surface area is 138 Å². The summed E-state index contributed by atoms with van der Waals surface area (Å²) in [5, 5.41) is 2.80. The summed E-state index contributed by atoms with van der Waals surface area (Å²) in [5.74, 6) is 0. The summed E-state index contributed by atoms with van der Waals surface area (Å²) >= 11 is 0. The molecule has 0 unspecified atom stereocenters. The summed E-state index contributed by atoms with van der Waals surface area (Å²) in [7, 11) is 0. The third-order valence-electron chi connectivity index (χ3n) is 3.13. The standard InChI is InChI=1S/C20H23NO2/c1-15-9-11-16(12-10-15)13-14-17-7-5-6-8-18(17)21-19(22)23-20(2,3)4/h5-14H,1-4H3,(H,21,22)/b14-13+. The van der Waals surface area contributed by atoms with Crippen LogP contribution >= 0.6 is 0 Å². The lowest BCUT2D eigenvalue weighted by atomic mass is 10.1. The fourth-order valence-electron chi connectivity index (χ4n) is 2.03. The third-order valence-corrected chi connectivity index (χ3v) is 3.13. The number of hydrogen-bond donors (Lipinski definition) is 1. The van der Waals surface area contributed by atoms with Gasteiger partial charge in [0.2, 0.25) is 0 Å². The van der Waals surface area contributed by atoms with E-state index in [9.17, 15) is 4.79 Å². The molecule has 0 aromatic heterocycles. The predicted octanol–water partition coefficient (Wildman–Crippen LogP) is 5.51. The first-order valence-electron chi connectivity index (χ1n) is 7.67. The molecule has 3 heteroatoms. The van der Waals surface area contributed by atoms with Crippen LogP contribution in [0.5, 0.6) is 0 Å². The second kappa shape index (κ2) is 7.14. The molecule has 2 aromatic rings. The van der Waals surface area contributed by atoms with Crippen LogP contribution in [0.15, 0.2) is 48.5 Å². The van der Waals surface area contributed by atoms with Crippen molar-refractivity contribution in [2.45, 2.75) is 33.3 Å². The van der Waals surface area contributed by atoms with Crippen LogP contribution in [0.25, 0.3) is 12.2 Å². The maximum Gasteiger partial charge on any atom is 0.412 e. The van der Waals surface area contributed by atoms with E-state index in [0.29, 0.717) is 0 Å². The summed E-state index contributed by atoms with van der Waals surface area (Å²) in [5.41, 5.74) is 3.48. The highest BCUT2D eigenvalue weighted by molar-refractivity contribution is 5.89. The molecule has 2 aromatic carbocycles. The Morgan fingerprint density at radius 2 is 1.65 bits per heavy atom. The first kappa shape index (κ1) is 16.8. The molecule has 0 aliphatic carbocycles. The predicted molar refractivity (Wildman–Crippen MR) is 96.4 cm³/mol. The molecule has 0 atom stereocenters. The van der Waals surface area contributed by atoms with Crippen LogP contribution < -0.4 is 5.32 Å². The summed E-state index contributed by atoms with van der Waals surface area (Å²) in [6.07, 6.45) is 3.56. The smallest absolute Gasteiger partial charge is 0.412 e. The third kappa shape index (κ3) is 5.62. The average Bonchev–Trinajstić information content (AvgIpc) is 2.46. The van der Waals surface area contributed by atoms with E-state index in [2.05, 4.69) is 36.5 Å². The maximum atomic E-state index is 11.9. The summed E-state index contributed by atoms with van der Waals surface area (Å²) in [6, 6.07) is 15.9. The highest BCUT2D eigenvalue weighted by atomic mass is 16.6. The molecule has 23 heavy (non-hydrogen) atoms. The SMILES string of the molecule is Cc1ccc(/C=C/c2ccccc2NC(=O)OC(C)(C)C)cc1. The van der Waals surface area contributed by atoms with Gasteiger partial charge in [-0.05, 0) is 44.9 Å². The summed E-state index contributed by atoms with van der Waals surface area (Å²) in [6.45, 7) is 7.59.